The Kier molecular flexibility index (Phi) is 3.47. The SMILES string of the molecule is Cc1cc(C(=O)N2CCC(c3nnc(C4CC4)o3)CC2)c(C)o1. The van der Waals surface area contributed by atoms with Gasteiger partial charge in [-0.15, -0.1) is 10.2 Å². The number of aryl methyl sites for hydroxylation is 2. The lowest BCUT2D eigenvalue weighted by atomic mass is 9.96. The predicted molar refractivity (Wildman–Crippen MR) is 82.3 cm³/mol. The number of rotatable bonds is 3. The molecule has 0 aromatic carbocycles. The molecule has 1 saturated carbocycles. The van der Waals surface area contributed by atoms with Gasteiger partial charge < -0.3 is 13.7 Å². The Hall–Kier alpha value is -2.11. The van der Waals surface area contributed by atoms with E-state index in [1.807, 2.05) is 24.8 Å². The summed E-state index contributed by atoms with van der Waals surface area (Å²) in [7, 11) is 0. The molecule has 23 heavy (non-hydrogen) atoms. The number of likely N-dealkylation sites (tertiary alicyclic amines) is 1. The fraction of sp³-hybridized carbons (Fsp3) is 0.588. The molecule has 1 amide bonds. The highest BCUT2D eigenvalue weighted by Crippen LogP contribution is 2.40. The Morgan fingerprint density at radius 2 is 1.65 bits per heavy atom. The molecule has 1 saturated heterocycles. The largest absolute Gasteiger partial charge is 0.466 e. The standard InChI is InChI=1S/C17H21N3O3/c1-10-9-14(11(2)22-10)17(21)20-7-5-13(6-8-20)16-19-18-15(23-16)12-3-4-12/h9,12-13H,3-8H2,1-2H3. The van der Waals surface area contributed by atoms with Gasteiger partial charge >= 0.3 is 0 Å². The van der Waals surface area contributed by atoms with E-state index in [1.54, 1.807) is 0 Å². The minimum absolute atomic E-state index is 0.0574. The van der Waals surface area contributed by atoms with Crippen LogP contribution in [0.15, 0.2) is 14.9 Å². The Balaban J connectivity index is 1.40. The van der Waals surface area contributed by atoms with E-state index in [9.17, 15) is 4.79 Å². The predicted octanol–water partition coefficient (Wildman–Crippen LogP) is 3.18. The summed E-state index contributed by atoms with van der Waals surface area (Å²) in [4.78, 5) is 14.5. The zero-order valence-electron chi connectivity index (χ0n) is 13.5. The monoisotopic (exact) mass is 315 g/mol. The molecule has 1 aliphatic heterocycles. The van der Waals surface area contributed by atoms with Crippen molar-refractivity contribution in [2.24, 2.45) is 0 Å². The van der Waals surface area contributed by atoms with Gasteiger partial charge in [-0.1, -0.05) is 0 Å². The first-order valence-corrected chi connectivity index (χ1v) is 8.31. The number of aromatic nitrogens is 2. The maximum absolute atomic E-state index is 12.6. The molecule has 6 nitrogen and oxygen atoms in total. The van der Waals surface area contributed by atoms with Crippen molar-refractivity contribution in [2.75, 3.05) is 13.1 Å². The number of nitrogens with zero attached hydrogens (tertiary/aromatic N) is 3. The summed E-state index contributed by atoms with van der Waals surface area (Å²) in [5.74, 6) is 3.83. The molecule has 122 valence electrons. The quantitative estimate of drug-likeness (QED) is 0.870. The Bertz CT molecular complexity index is 721. The van der Waals surface area contributed by atoms with Crippen molar-refractivity contribution in [3.8, 4) is 0 Å². The van der Waals surface area contributed by atoms with Gasteiger partial charge in [0.05, 0.1) is 5.56 Å². The van der Waals surface area contributed by atoms with Crippen molar-refractivity contribution >= 4 is 5.91 Å². The van der Waals surface area contributed by atoms with Crippen LogP contribution in [0.2, 0.25) is 0 Å². The van der Waals surface area contributed by atoms with Gasteiger partial charge in [-0.3, -0.25) is 4.79 Å². The number of furan rings is 1. The van der Waals surface area contributed by atoms with Crippen molar-refractivity contribution in [2.45, 2.75) is 51.4 Å². The summed E-state index contributed by atoms with van der Waals surface area (Å²) in [6.07, 6.45) is 4.07. The van der Waals surface area contributed by atoms with Gasteiger partial charge in [0.15, 0.2) is 0 Å². The van der Waals surface area contributed by atoms with E-state index in [0.717, 1.165) is 43.2 Å². The third kappa shape index (κ3) is 2.78. The van der Waals surface area contributed by atoms with E-state index in [2.05, 4.69) is 10.2 Å². The third-order valence-corrected chi connectivity index (χ3v) is 4.79. The van der Waals surface area contributed by atoms with Gasteiger partial charge in [0, 0.05) is 24.9 Å². The number of carbonyl (C=O) groups is 1. The van der Waals surface area contributed by atoms with E-state index in [0.29, 0.717) is 30.3 Å². The zero-order chi connectivity index (χ0) is 16.0. The van der Waals surface area contributed by atoms with E-state index in [4.69, 9.17) is 8.83 Å². The maximum Gasteiger partial charge on any atom is 0.257 e. The molecule has 0 N–H and O–H groups in total. The van der Waals surface area contributed by atoms with Crippen LogP contribution in [0.5, 0.6) is 0 Å². The molecule has 2 aliphatic rings. The van der Waals surface area contributed by atoms with Crippen molar-refractivity contribution in [3.63, 3.8) is 0 Å². The van der Waals surface area contributed by atoms with Crippen molar-refractivity contribution in [1.82, 2.24) is 15.1 Å². The minimum Gasteiger partial charge on any atom is -0.466 e. The van der Waals surface area contributed by atoms with Crippen molar-refractivity contribution in [1.29, 1.82) is 0 Å². The lowest BCUT2D eigenvalue weighted by Crippen LogP contribution is -2.38. The first-order valence-electron chi connectivity index (χ1n) is 8.31. The van der Waals surface area contributed by atoms with Gasteiger partial charge in [0.25, 0.3) is 5.91 Å². The second-order valence-electron chi connectivity index (χ2n) is 6.65. The van der Waals surface area contributed by atoms with Gasteiger partial charge in [-0.05, 0) is 45.6 Å². The molecule has 3 heterocycles. The van der Waals surface area contributed by atoms with E-state index >= 15 is 0 Å². The molecule has 2 fully saturated rings. The van der Waals surface area contributed by atoms with Gasteiger partial charge in [0.1, 0.15) is 11.5 Å². The maximum atomic E-state index is 12.6. The van der Waals surface area contributed by atoms with Crippen LogP contribution in [-0.2, 0) is 0 Å². The van der Waals surface area contributed by atoms with E-state index in [1.165, 1.54) is 0 Å². The summed E-state index contributed by atoms with van der Waals surface area (Å²) in [6, 6.07) is 1.82. The summed E-state index contributed by atoms with van der Waals surface area (Å²) < 4.78 is 11.3. The Labute approximate surface area is 134 Å². The highest BCUT2D eigenvalue weighted by atomic mass is 16.4. The summed E-state index contributed by atoms with van der Waals surface area (Å²) >= 11 is 0. The molecule has 4 rings (SSSR count). The molecule has 0 bridgehead atoms. The number of amides is 1. The lowest BCUT2D eigenvalue weighted by Gasteiger charge is -2.30. The number of carbonyl (C=O) groups excluding carboxylic acids is 1. The second-order valence-corrected chi connectivity index (χ2v) is 6.65. The summed E-state index contributed by atoms with van der Waals surface area (Å²) in [5.41, 5.74) is 0.676. The van der Waals surface area contributed by atoms with Crippen LogP contribution in [-0.4, -0.2) is 34.1 Å². The first-order chi connectivity index (χ1) is 11.1. The van der Waals surface area contributed by atoms with Crippen LogP contribution in [0, 0.1) is 13.8 Å². The average molecular weight is 315 g/mol. The van der Waals surface area contributed by atoms with Crippen LogP contribution in [0.25, 0.3) is 0 Å². The first kappa shape index (κ1) is 14.5. The van der Waals surface area contributed by atoms with Crippen LogP contribution >= 0.6 is 0 Å². The molecule has 6 heteroatoms. The molecule has 0 radical (unpaired) electrons. The molecule has 0 unspecified atom stereocenters. The van der Waals surface area contributed by atoms with Crippen LogP contribution in [0.4, 0.5) is 0 Å². The summed E-state index contributed by atoms with van der Waals surface area (Å²) in [5, 5.41) is 8.37. The van der Waals surface area contributed by atoms with Crippen LogP contribution in [0.3, 0.4) is 0 Å². The number of hydrogen-bond acceptors (Lipinski definition) is 5. The fourth-order valence-electron chi connectivity index (χ4n) is 3.25. The van der Waals surface area contributed by atoms with Crippen LogP contribution in [0.1, 0.15) is 71.2 Å². The average Bonchev–Trinajstić information content (AvgIpc) is 3.18. The summed E-state index contributed by atoms with van der Waals surface area (Å²) in [6.45, 7) is 5.14. The van der Waals surface area contributed by atoms with E-state index < -0.39 is 0 Å². The van der Waals surface area contributed by atoms with Gasteiger partial charge in [0.2, 0.25) is 11.8 Å². The smallest absolute Gasteiger partial charge is 0.257 e. The third-order valence-electron chi connectivity index (χ3n) is 4.79. The van der Waals surface area contributed by atoms with Gasteiger partial charge in [-0.2, -0.15) is 0 Å². The topological polar surface area (TPSA) is 72.4 Å². The van der Waals surface area contributed by atoms with Crippen molar-refractivity contribution in [3.05, 3.63) is 34.9 Å². The normalized spacial score (nSPS) is 19.3. The highest BCUT2D eigenvalue weighted by molar-refractivity contribution is 5.95. The number of hydrogen-bond donors (Lipinski definition) is 0. The Morgan fingerprint density at radius 1 is 1.04 bits per heavy atom. The molecular weight excluding hydrogens is 294 g/mol. The Morgan fingerprint density at radius 3 is 2.17 bits per heavy atom. The number of piperidine rings is 1. The molecule has 0 atom stereocenters. The minimum atomic E-state index is 0.0574. The zero-order valence-corrected chi connectivity index (χ0v) is 13.5. The molecular formula is C17H21N3O3. The van der Waals surface area contributed by atoms with Crippen molar-refractivity contribution < 1.29 is 13.6 Å². The molecule has 2 aromatic rings. The molecule has 1 aliphatic carbocycles. The fourth-order valence-corrected chi connectivity index (χ4v) is 3.25. The molecule has 2 aromatic heterocycles. The van der Waals surface area contributed by atoms with Gasteiger partial charge in [-0.25, -0.2) is 0 Å². The lowest BCUT2D eigenvalue weighted by molar-refractivity contribution is 0.0704. The highest BCUT2D eigenvalue weighted by Gasteiger charge is 2.32. The van der Waals surface area contributed by atoms with E-state index in [-0.39, 0.29) is 11.8 Å². The molecule has 0 spiro atoms. The van der Waals surface area contributed by atoms with Crippen LogP contribution < -0.4 is 0 Å². The second kappa shape index (κ2) is 5.51.